The molecule has 0 bridgehead atoms. The van der Waals surface area contributed by atoms with Gasteiger partial charge < -0.3 is 11.5 Å². The van der Waals surface area contributed by atoms with Crippen LogP contribution in [0.2, 0.25) is 0 Å². The van der Waals surface area contributed by atoms with Gasteiger partial charge in [0.25, 0.3) is 0 Å². The molecule has 2 unspecified atom stereocenters. The van der Waals surface area contributed by atoms with Gasteiger partial charge in [-0.25, -0.2) is 0 Å². The summed E-state index contributed by atoms with van der Waals surface area (Å²) in [6.45, 7) is 0. The van der Waals surface area contributed by atoms with E-state index in [1.165, 1.54) is 0 Å². The van der Waals surface area contributed by atoms with Crippen LogP contribution in [0.5, 0.6) is 0 Å². The maximum atomic E-state index is 13.4. The number of benzene rings is 1. The van der Waals surface area contributed by atoms with Gasteiger partial charge in [0.2, 0.25) is 0 Å². The molecular formula is C15H11F9N2. The van der Waals surface area contributed by atoms with Crippen molar-refractivity contribution in [1.82, 2.24) is 0 Å². The molecule has 0 saturated heterocycles. The van der Waals surface area contributed by atoms with Crippen molar-refractivity contribution in [3.63, 3.8) is 0 Å². The third-order valence-corrected chi connectivity index (χ3v) is 3.93. The van der Waals surface area contributed by atoms with Crippen LogP contribution >= 0.6 is 0 Å². The van der Waals surface area contributed by atoms with Crippen molar-refractivity contribution >= 4 is 0 Å². The minimum Gasteiger partial charge on any atom is -0.399 e. The molecule has 2 nitrogen and oxygen atoms in total. The smallest absolute Gasteiger partial charge is 0.399 e. The number of rotatable bonds is 1. The van der Waals surface area contributed by atoms with Crippen molar-refractivity contribution in [2.75, 3.05) is 0 Å². The van der Waals surface area contributed by atoms with E-state index in [1.54, 1.807) is 0 Å². The van der Waals surface area contributed by atoms with Crippen molar-refractivity contribution in [1.29, 1.82) is 0 Å². The van der Waals surface area contributed by atoms with Crippen LogP contribution in [-0.4, -0.2) is 12.4 Å². The van der Waals surface area contributed by atoms with Crippen molar-refractivity contribution in [2.24, 2.45) is 17.4 Å². The second-order valence-corrected chi connectivity index (χ2v) is 5.69. The number of allylic oxidation sites excluding steroid dienone is 1. The topological polar surface area (TPSA) is 52.0 Å². The normalized spacial score (nSPS) is 24.9. The van der Waals surface area contributed by atoms with Gasteiger partial charge in [-0.15, -0.1) is 0 Å². The fraction of sp³-hybridized carbons (Fsp3) is 0.333. The summed E-state index contributed by atoms with van der Waals surface area (Å²) in [4.78, 5) is 0. The standard InChI is InChI=1S/C15H11F9N2/c16-13(17,18)8-3-1-2-7(4-8)12(26)10(14(19,20)21)5-9(25)6-11(12)15(22,23)24/h1-6,10H,25-26H2. The van der Waals surface area contributed by atoms with E-state index >= 15 is 0 Å². The van der Waals surface area contributed by atoms with Crippen LogP contribution in [0.25, 0.3) is 0 Å². The molecule has 0 saturated carbocycles. The first-order chi connectivity index (χ1) is 11.6. The van der Waals surface area contributed by atoms with E-state index in [4.69, 9.17) is 11.5 Å². The monoisotopic (exact) mass is 390 g/mol. The second-order valence-electron chi connectivity index (χ2n) is 5.69. The number of alkyl halides is 9. The summed E-state index contributed by atoms with van der Waals surface area (Å²) in [5, 5.41) is 0. The van der Waals surface area contributed by atoms with Crippen LogP contribution in [0.15, 0.2) is 47.7 Å². The van der Waals surface area contributed by atoms with E-state index in [0.717, 1.165) is 0 Å². The predicted octanol–water partition coefficient (Wildman–Crippen LogP) is 4.38. The highest BCUT2D eigenvalue weighted by Crippen LogP contribution is 2.51. The maximum absolute atomic E-state index is 13.4. The van der Waals surface area contributed by atoms with Crippen molar-refractivity contribution in [3.8, 4) is 0 Å². The molecular weight excluding hydrogens is 379 g/mol. The molecule has 26 heavy (non-hydrogen) atoms. The van der Waals surface area contributed by atoms with Gasteiger partial charge in [-0.05, 0) is 29.8 Å². The Morgan fingerprint density at radius 3 is 1.92 bits per heavy atom. The second kappa shape index (κ2) is 5.93. The van der Waals surface area contributed by atoms with Crippen molar-refractivity contribution < 1.29 is 39.5 Å². The Labute approximate surface area is 141 Å². The van der Waals surface area contributed by atoms with Crippen LogP contribution in [0.4, 0.5) is 39.5 Å². The highest BCUT2D eigenvalue weighted by atomic mass is 19.4. The molecule has 0 radical (unpaired) electrons. The molecule has 11 heteroatoms. The Hall–Kier alpha value is -2.17. The Morgan fingerprint density at radius 2 is 1.46 bits per heavy atom. The minimum absolute atomic E-state index is 0.174. The number of hydrogen-bond donors (Lipinski definition) is 2. The van der Waals surface area contributed by atoms with Gasteiger partial charge in [-0.1, -0.05) is 12.1 Å². The quantitative estimate of drug-likeness (QED) is 0.700. The van der Waals surface area contributed by atoms with Crippen LogP contribution in [-0.2, 0) is 11.7 Å². The van der Waals surface area contributed by atoms with Gasteiger partial charge >= 0.3 is 18.5 Å². The first kappa shape index (κ1) is 20.1. The molecule has 2 rings (SSSR count). The van der Waals surface area contributed by atoms with E-state index in [1.807, 2.05) is 0 Å². The summed E-state index contributed by atoms with van der Waals surface area (Å²) in [5.41, 5.74) is 2.23. The third-order valence-electron chi connectivity index (χ3n) is 3.93. The van der Waals surface area contributed by atoms with Crippen LogP contribution < -0.4 is 11.5 Å². The molecule has 0 fully saturated rings. The molecule has 1 aromatic rings. The van der Waals surface area contributed by atoms with Gasteiger partial charge in [0, 0.05) is 5.70 Å². The molecule has 0 aliphatic heterocycles. The fourth-order valence-corrected chi connectivity index (χ4v) is 2.78. The molecule has 0 spiro atoms. The lowest BCUT2D eigenvalue weighted by atomic mass is 9.69. The zero-order chi connectivity index (χ0) is 20.1. The van der Waals surface area contributed by atoms with Crippen LogP contribution in [0.3, 0.4) is 0 Å². The minimum atomic E-state index is -5.36. The summed E-state index contributed by atoms with van der Waals surface area (Å²) in [6, 6.07) is 2.06. The Kier molecular flexibility index (Phi) is 4.60. The van der Waals surface area contributed by atoms with E-state index in [9.17, 15) is 39.5 Å². The van der Waals surface area contributed by atoms with Gasteiger partial charge in [0.05, 0.1) is 16.7 Å². The molecule has 1 aromatic carbocycles. The van der Waals surface area contributed by atoms with Crippen molar-refractivity contribution in [2.45, 2.75) is 24.1 Å². The molecule has 0 amide bonds. The van der Waals surface area contributed by atoms with E-state index < -0.39 is 52.4 Å². The highest BCUT2D eigenvalue weighted by molar-refractivity contribution is 5.48. The lowest BCUT2D eigenvalue weighted by Gasteiger charge is -2.42. The number of halogens is 9. The maximum Gasteiger partial charge on any atom is 0.416 e. The highest BCUT2D eigenvalue weighted by Gasteiger charge is 2.60. The van der Waals surface area contributed by atoms with Gasteiger partial charge in [-0.3, -0.25) is 0 Å². The van der Waals surface area contributed by atoms with E-state index in [0.29, 0.717) is 18.2 Å². The third kappa shape index (κ3) is 3.53. The Balaban J connectivity index is 2.79. The molecule has 1 aliphatic carbocycles. The predicted molar refractivity (Wildman–Crippen MR) is 73.3 cm³/mol. The molecule has 0 heterocycles. The molecule has 4 N–H and O–H groups in total. The van der Waals surface area contributed by atoms with Gasteiger partial charge in [0.15, 0.2) is 0 Å². The first-order valence-corrected chi connectivity index (χ1v) is 6.88. The molecule has 144 valence electrons. The lowest BCUT2D eigenvalue weighted by molar-refractivity contribution is -0.184. The fourth-order valence-electron chi connectivity index (χ4n) is 2.78. The van der Waals surface area contributed by atoms with E-state index in [-0.39, 0.29) is 18.2 Å². The molecule has 1 aliphatic rings. The van der Waals surface area contributed by atoms with Crippen LogP contribution in [0, 0.1) is 5.92 Å². The summed E-state index contributed by atoms with van der Waals surface area (Å²) in [7, 11) is 0. The van der Waals surface area contributed by atoms with Gasteiger partial charge in [0.1, 0.15) is 5.92 Å². The zero-order valence-electron chi connectivity index (χ0n) is 12.6. The Bertz CT molecular complexity index is 756. The Morgan fingerprint density at radius 1 is 0.885 bits per heavy atom. The number of hydrogen-bond acceptors (Lipinski definition) is 2. The summed E-state index contributed by atoms with van der Waals surface area (Å²) < 4.78 is 119. The van der Waals surface area contributed by atoms with Crippen LogP contribution in [0.1, 0.15) is 11.1 Å². The summed E-state index contributed by atoms with van der Waals surface area (Å²) in [5.74, 6) is -2.97. The summed E-state index contributed by atoms with van der Waals surface area (Å²) in [6.07, 6.45) is -15.2. The van der Waals surface area contributed by atoms with Crippen molar-refractivity contribution in [3.05, 3.63) is 58.8 Å². The molecule has 2 atom stereocenters. The number of nitrogens with two attached hydrogens (primary N) is 2. The summed E-state index contributed by atoms with van der Waals surface area (Å²) >= 11 is 0. The zero-order valence-corrected chi connectivity index (χ0v) is 12.6. The average molecular weight is 390 g/mol. The molecule has 0 aromatic heterocycles. The van der Waals surface area contributed by atoms with Gasteiger partial charge in [-0.2, -0.15) is 39.5 Å². The van der Waals surface area contributed by atoms with E-state index in [2.05, 4.69) is 0 Å². The average Bonchev–Trinajstić information content (AvgIpc) is 2.46. The first-order valence-electron chi connectivity index (χ1n) is 6.88. The largest absolute Gasteiger partial charge is 0.416 e. The SMILES string of the molecule is NC1=CC(C(F)(F)F)C(N)(c2cccc(C(F)(F)F)c2)C(C(F)(F)F)=C1. The lowest BCUT2D eigenvalue weighted by Crippen LogP contribution is -2.55.